The predicted molar refractivity (Wildman–Crippen MR) is 126 cm³/mol. The summed E-state index contributed by atoms with van der Waals surface area (Å²) in [4.78, 5) is 20.5. The number of anilines is 2. The smallest absolute Gasteiger partial charge is 0.228 e. The van der Waals surface area contributed by atoms with Gasteiger partial charge in [-0.05, 0) is 35.7 Å². The molecule has 0 aromatic heterocycles. The van der Waals surface area contributed by atoms with Crippen LogP contribution in [-0.2, 0) is 17.8 Å². The van der Waals surface area contributed by atoms with Gasteiger partial charge < -0.3 is 14.7 Å². The Morgan fingerprint density at radius 2 is 1.58 bits per heavy atom. The van der Waals surface area contributed by atoms with E-state index in [9.17, 15) is 4.79 Å². The van der Waals surface area contributed by atoms with Gasteiger partial charge in [0.1, 0.15) is 0 Å². The molecule has 5 rings (SSSR count). The van der Waals surface area contributed by atoms with E-state index in [1.54, 1.807) is 0 Å². The van der Waals surface area contributed by atoms with Gasteiger partial charge in [0.25, 0.3) is 0 Å². The molecule has 3 aromatic rings. The van der Waals surface area contributed by atoms with E-state index in [1.165, 1.54) is 22.5 Å². The molecule has 0 aliphatic carbocycles. The molecule has 0 bridgehead atoms. The molecule has 4 heteroatoms. The third-order valence-corrected chi connectivity index (χ3v) is 6.70. The van der Waals surface area contributed by atoms with Crippen LogP contribution in [0.15, 0.2) is 84.9 Å². The minimum absolute atomic E-state index is 0.0462. The molecule has 1 fully saturated rings. The Kier molecular flexibility index (Phi) is 5.37. The number of hydrogen-bond donors (Lipinski definition) is 0. The molecule has 0 spiro atoms. The lowest BCUT2D eigenvalue weighted by Crippen LogP contribution is -2.61. The second-order valence-corrected chi connectivity index (χ2v) is 8.66. The van der Waals surface area contributed by atoms with Gasteiger partial charge in [-0.2, -0.15) is 0 Å². The van der Waals surface area contributed by atoms with Crippen LogP contribution < -0.4 is 9.80 Å². The fraction of sp³-hybridized carbons (Fsp3) is 0.296. The summed E-state index contributed by atoms with van der Waals surface area (Å²) in [7, 11) is 1.94. The van der Waals surface area contributed by atoms with Gasteiger partial charge in [0, 0.05) is 44.6 Å². The normalized spacial score (nSPS) is 20.0. The van der Waals surface area contributed by atoms with Gasteiger partial charge in [0.05, 0.1) is 12.0 Å². The Bertz CT molecular complexity index is 1040. The molecule has 2 aliphatic rings. The number of rotatable bonds is 4. The van der Waals surface area contributed by atoms with E-state index in [0.717, 1.165) is 26.1 Å². The van der Waals surface area contributed by atoms with Gasteiger partial charge in [-0.15, -0.1) is 0 Å². The maximum absolute atomic E-state index is 13.7. The largest absolute Gasteiger partial charge is 0.368 e. The second-order valence-electron chi connectivity index (χ2n) is 8.66. The maximum Gasteiger partial charge on any atom is 0.228 e. The minimum Gasteiger partial charge on any atom is -0.368 e. The number of piperazine rings is 1. The lowest BCUT2D eigenvalue weighted by atomic mass is 9.83. The Labute approximate surface area is 184 Å². The van der Waals surface area contributed by atoms with Gasteiger partial charge >= 0.3 is 0 Å². The molecule has 0 N–H and O–H groups in total. The van der Waals surface area contributed by atoms with Gasteiger partial charge in [-0.3, -0.25) is 4.79 Å². The number of carbonyl (C=O) groups is 1. The monoisotopic (exact) mass is 411 g/mol. The zero-order valence-electron chi connectivity index (χ0n) is 18.0. The van der Waals surface area contributed by atoms with Crippen LogP contribution >= 0.6 is 0 Å². The van der Waals surface area contributed by atoms with Crippen LogP contribution in [-0.4, -0.2) is 43.5 Å². The Morgan fingerprint density at radius 1 is 0.903 bits per heavy atom. The number of carbonyl (C=O) groups excluding carboxylic acids is 1. The highest BCUT2D eigenvalue weighted by Gasteiger charge is 2.42. The van der Waals surface area contributed by atoms with E-state index in [2.05, 4.69) is 76.5 Å². The third kappa shape index (κ3) is 3.90. The fourth-order valence-corrected chi connectivity index (χ4v) is 5.13. The van der Waals surface area contributed by atoms with Crippen LogP contribution in [0.3, 0.4) is 0 Å². The first-order valence-corrected chi connectivity index (χ1v) is 11.1. The molecular weight excluding hydrogens is 382 g/mol. The van der Waals surface area contributed by atoms with E-state index in [0.29, 0.717) is 6.54 Å². The van der Waals surface area contributed by atoms with Crippen molar-refractivity contribution >= 4 is 17.3 Å². The third-order valence-electron chi connectivity index (χ3n) is 6.70. The molecule has 0 saturated carbocycles. The molecule has 0 radical (unpaired) electrons. The summed E-state index contributed by atoms with van der Waals surface area (Å²) in [5.41, 5.74) is 5.00. The minimum atomic E-state index is -0.0462. The van der Waals surface area contributed by atoms with Crippen molar-refractivity contribution in [3.63, 3.8) is 0 Å². The van der Waals surface area contributed by atoms with E-state index >= 15 is 0 Å². The molecule has 1 amide bonds. The number of benzene rings is 3. The highest BCUT2D eigenvalue weighted by Crippen LogP contribution is 2.37. The summed E-state index contributed by atoms with van der Waals surface area (Å²) in [6, 6.07) is 29.6. The SMILES string of the molecule is CN(Cc1ccccc1)C(=O)[C@H]1Cc2ccccc2N2CCN(c3ccccc3)C[C@@H]12. The molecule has 158 valence electrons. The second kappa shape index (κ2) is 8.46. The first kappa shape index (κ1) is 19.7. The quantitative estimate of drug-likeness (QED) is 0.643. The average molecular weight is 412 g/mol. The van der Waals surface area contributed by atoms with Crippen molar-refractivity contribution in [2.24, 2.45) is 5.92 Å². The number of amides is 1. The van der Waals surface area contributed by atoms with Crippen LogP contribution in [0.2, 0.25) is 0 Å². The lowest BCUT2D eigenvalue weighted by molar-refractivity contribution is -0.135. The predicted octanol–water partition coefficient (Wildman–Crippen LogP) is 4.21. The molecule has 1 saturated heterocycles. The highest BCUT2D eigenvalue weighted by atomic mass is 16.2. The van der Waals surface area contributed by atoms with Crippen molar-refractivity contribution < 1.29 is 4.79 Å². The molecule has 3 aromatic carbocycles. The summed E-state index contributed by atoms with van der Waals surface area (Å²) in [6.45, 7) is 3.42. The molecule has 31 heavy (non-hydrogen) atoms. The molecule has 2 aliphatic heterocycles. The van der Waals surface area contributed by atoms with Crippen LogP contribution in [0.4, 0.5) is 11.4 Å². The van der Waals surface area contributed by atoms with Crippen molar-refractivity contribution in [3.8, 4) is 0 Å². The van der Waals surface area contributed by atoms with Crippen LogP contribution in [0.25, 0.3) is 0 Å². The van der Waals surface area contributed by atoms with Crippen LogP contribution in [0, 0.1) is 5.92 Å². The van der Waals surface area contributed by atoms with Crippen LogP contribution in [0.5, 0.6) is 0 Å². The van der Waals surface area contributed by atoms with Crippen molar-refractivity contribution in [2.45, 2.75) is 19.0 Å². The molecule has 2 atom stereocenters. The number of fused-ring (bicyclic) bond motifs is 3. The summed E-state index contributed by atoms with van der Waals surface area (Å²) in [5, 5.41) is 0. The Morgan fingerprint density at radius 3 is 2.35 bits per heavy atom. The van der Waals surface area contributed by atoms with Crippen molar-refractivity contribution in [2.75, 3.05) is 36.5 Å². The lowest BCUT2D eigenvalue weighted by Gasteiger charge is -2.50. The van der Waals surface area contributed by atoms with E-state index in [1.807, 2.05) is 30.1 Å². The van der Waals surface area contributed by atoms with E-state index < -0.39 is 0 Å². The Hall–Kier alpha value is -3.27. The molecule has 2 heterocycles. The van der Waals surface area contributed by atoms with Crippen molar-refractivity contribution in [1.29, 1.82) is 0 Å². The van der Waals surface area contributed by atoms with E-state index in [4.69, 9.17) is 0 Å². The molecule has 0 unspecified atom stereocenters. The summed E-state index contributed by atoms with van der Waals surface area (Å²) in [5.74, 6) is 0.193. The maximum atomic E-state index is 13.7. The van der Waals surface area contributed by atoms with Gasteiger partial charge in [0.15, 0.2) is 0 Å². The number of nitrogens with zero attached hydrogens (tertiary/aromatic N) is 3. The average Bonchev–Trinajstić information content (AvgIpc) is 2.84. The number of hydrogen-bond acceptors (Lipinski definition) is 3. The van der Waals surface area contributed by atoms with Gasteiger partial charge in [-0.25, -0.2) is 0 Å². The van der Waals surface area contributed by atoms with Crippen LogP contribution in [0.1, 0.15) is 11.1 Å². The van der Waals surface area contributed by atoms with Crippen molar-refractivity contribution in [1.82, 2.24) is 4.90 Å². The zero-order valence-corrected chi connectivity index (χ0v) is 18.0. The zero-order chi connectivity index (χ0) is 21.2. The molecular formula is C27H29N3O. The van der Waals surface area contributed by atoms with E-state index in [-0.39, 0.29) is 17.9 Å². The summed E-state index contributed by atoms with van der Waals surface area (Å²) in [6.07, 6.45) is 0.804. The Balaban J connectivity index is 1.43. The van der Waals surface area contributed by atoms with Crippen molar-refractivity contribution in [3.05, 3.63) is 96.1 Å². The number of para-hydroxylation sites is 2. The summed E-state index contributed by atoms with van der Waals surface area (Å²) >= 11 is 0. The standard InChI is InChI=1S/C27H29N3O/c1-28(19-21-10-4-2-5-11-21)27(31)24-18-22-12-8-9-15-25(22)30-17-16-29(20-26(24)30)23-13-6-3-7-14-23/h2-15,24,26H,16-20H2,1H3/t24-,26-/m0/s1. The molecule has 4 nitrogen and oxygen atoms in total. The first-order valence-electron chi connectivity index (χ1n) is 11.1. The topological polar surface area (TPSA) is 26.8 Å². The van der Waals surface area contributed by atoms with Gasteiger partial charge in [-0.1, -0.05) is 66.7 Å². The van der Waals surface area contributed by atoms with Gasteiger partial charge in [0.2, 0.25) is 5.91 Å². The fourth-order valence-electron chi connectivity index (χ4n) is 5.13. The summed E-state index contributed by atoms with van der Waals surface area (Å²) < 4.78 is 0. The first-order chi connectivity index (χ1) is 15.2. The highest BCUT2D eigenvalue weighted by molar-refractivity contribution is 5.82.